The molecule has 1 aliphatic heterocycles. The van der Waals surface area contributed by atoms with Crippen molar-refractivity contribution in [2.24, 2.45) is 0 Å². The molecule has 5 nitrogen and oxygen atoms in total. The van der Waals surface area contributed by atoms with Gasteiger partial charge in [-0.25, -0.2) is 9.97 Å². The lowest BCUT2D eigenvalue weighted by atomic mass is 10.1. The standard InChI is InChI=1S/C20H27N3O2/c1-3-11-25-19-5-4-10-23(15-19)14-16-12-21-20(22-13-16)17-6-8-18(24-2)9-7-17/h6-9,12-13,19H,3-5,10-11,14-15H2,1-2H3/t19-/m1/s1. The third-order valence-electron chi connectivity index (χ3n) is 4.48. The molecular weight excluding hydrogens is 314 g/mol. The fourth-order valence-corrected chi connectivity index (χ4v) is 3.16. The highest BCUT2D eigenvalue weighted by atomic mass is 16.5. The van der Waals surface area contributed by atoms with Crippen LogP contribution in [-0.2, 0) is 11.3 Å². The van der Waals surface area contributed by atoms with Crippen LogP contribution in [0.25, 0.3) is 11.4 Å². The molecule has 25 heavy (non-hydrogen) atoms. The summed E-state index contributed by atoms with van der Waals surface area (Å²) in [6, 6.07) is 7.82. The van der Waals surface area contributed by atoms with Crippen molar-refractivity contribution in [3.05, 3.63) is 42.2 Å². The highest BCUT2D eigenvalue weighted by Crippen LogP contribution is 2.20. The van der Waals surface area contributed by atoms with Gasteiger partial charge in [-0.05, 0) is 50.1 Å². The first-order valence-corrected chi connectivity index (χ1v) is 9.07. The number of hydrogen-bond acceptors (Lipinski definition) is 5. The minimum absolute atomic E-state index is 0.369. The predicted molar refractivity (Wildman–Crippen MR) is 98.6 cm³/mol. The van der Waals surface area contributed by atoms with Crippen LogP contribution in [0.3, 0.4) is 0 Å². The molecule has 1 saturated heterocycles. The van der Waals surface area contributed by atoms with Crippen LogP contribution < -0.4 is 4.74 Å². The number of aromatic nitrogens is 2. The van der Waals surface area contributed by atoms with Crippen molar-refractivity contribution in [2.45, 2.75) is 38.8 Å². The molecular formula is C20H27N3O2. The van der Waals surface area contributed by atoms with E-state index in [4.69, 9.17) is 9.47 Å². The molecule has 0 N–H and O–H groups in total. The average Bonchev–Trinajstić information content (AvgIpc) is 2.67. The van der Waals surface area contributed by atoms with E-state index in [-0.39, 0.29) is 0 Å². The summed E-state index contributed by atoms with van der Waals surface area (Å²) in [6.07, 6.45) is 7.68. The van der Waals surface area contributed by atoms with Gasteiger partial charge in [-0.2, -0.15) is 0 Å². The van der Waals surface area contributed by atoms with E-state index in [1.807, 2.05) is 36.7 Å². The lowest BCUT2D eigenvalue weighted by Crippen LogP contribution is -2.39. The number of ether oxygens (including phenoxy) is 2. The van der Waals surface area contributed by atoms with Crippen LogP contribution in [0.5, 0.6) is 5.75 Å². The number of likely N-dealkylation sites (tertiary alicyclic amines) is 1. The van der Waals surface area contributed by atoms with E-state index in [1.165, 1.54) is 12.8 Å². The number of benzene rings is 1. The first-order valence-electron chi connectivity index (χ1n) is 9.07. The molecule has 1 fully saturated rings. The molecule has 3 rings (SSSR count). The molecule has 0 amide bonds. The maximum absolute atomic E-state index is 5.91. The topological polar surface area (TPSA) is 47.5 Å². The Hall–Kier alpha value is -1.98. The van der Waals surface area contributed by atoms with Gasteiger partial charge in [0.25, 0.3) is 0 Å². The minimum Gasteiger partial charge on any atom is -0.497 e. The molecule has 1 atom stereocenters. The van der Waals surface area contributed by atoms with Crippen molar-refractivity contribution >= 4 is 0 Å². The number of hydrogen-bond donors (Lipinski definition) is 0. The minimum atomic E-state index is 0.369. The third-order valence-corrected chi connectivity index (χ3v) is 4.48. The zero-order chi connectivity index (χ0) is 17.5. The van der Waals surface area contributed by atoms with Crippen molar-refractivity contribution in [2.75, 3.05) is 26.8 Å². The Labute approximate surface area is 150 Å². The smallest absolute Gasteiger partial charge is 0.159 e. The van der Waals surface area contributed by atoms with E-state index in [0.717, 1.165) is 55.4 Å². The SMILES string of the molecule is CCCO[C@@H]1CCCN(Cc2cnc(-c3ccc(OC)cc3)nc2)C1. The van der Waals surface area contributed by atoms with Gasteiger partial charge in [0.2, 0.25) is 0 Å². The Kier molecular flexibility index (Phi) is 6.36. The van der Waals surface area contributed by atoms with E-state index < -0.39 is 0 Å². The van der Waals surface area contributed by atoms with Crippen molar-refractivity contribution in [1.29, 1.82) is 0 Å². The van der Waals surface area contributed by atoms with Gasteiger partial charge in [0.1, 0.15) is 5.75 Å². The molecule has 2 aromatic rings. The van der Waals surface area contributed by atoms with Crippen LogP contribution >= 0.6 is 0 Å². The lowest BCUT2D eigenvalue weighted by Gasteiger charge is -2.32. The van der Waals surface area contributed by atoms with Crippen LogP contribution in [0.1, 0.15) is 31.7 Å². The second kappa shape index (κ2) is 8.92. The first-order chi connectivity index (χ1) is 12.3. The second-order valence-electron chi connectivity index (χ2n) is 6.51. The van der Waals surface area contributed by atoms with Crippen LogP contribution in [0.2, 0.25) is 0 Å². The summed E-state index contributed by atoms with van der Waals surface area (Å²) in [4.78, 5) is 11.5. The van der Waals surface area contributed by atoms with Gasteiger partial charge < -0.3 is 9.47 Å². The normalized spacial score (nSPS) is 18.2. The molecule has 0 aliphatic carbocycles. The molecule has 1 aliphatic rings. The van der Waals surface area contributed by atoms with Gasteiger partial charge in [0, 0.05) is 43.2 Å². The Balaban J connectivity index is 1.58. The van der Waals surface area contributed by atoms with E-state index >= 15 is 0 Å². The zero-order valence-electron chi connectivity index (χ0n) is 15.1. The molecule has 1 aromatic carbocycles. The van der Waals surface area contributed by atoms with Gasteiger partial charge in [-0.3, -0.25) is 4.90 Å². The summed E-state index contributed by atoms with van der Waals surface area (Å²) >= 11 is 0. The van der Waals surface area contributed by atoms with E-state index in [2.05, 4.69) is 21.8 Å². The maximum Gasteiger partial charge on any atom is 0.159 e. The third kappa shape index (κ3) is 5.00. The summed E-state index contributed by atoms with van der Waals surface area (Å²) in [5.74, 6) is 1.58. The fraction of sp³-hybridized carbons (Fsp3) is 0.500. The predicted octanol–water partition coefficient (Wildman–Crippen LogP) is 3.54. The largest absolute Gasteiger partial charge is 0.497 e. The summed E-state index contributed by atoms with van der Waals surface area (Å²) in [5.41, 5.74) is 2.15. The van der Waals surface area contributed by atoms with Gasteiger partial charge in [-0.15, -0.1) is 0 Å². The van der Waals surface area contributed by atoms with Crippen molar-refractivity contribution in [3.63, 3.8) is 0 Å². The summed E-state index contributed by atoms with van der Waals surface area (Å²) < 4.78 is 11.1. The molecule has 0 spiro atoms. The highest BCUT2D eigenvalue weighted by molar-refractivity contribution is 5.55. The monoisotopic (exact) mass is 341 g/mol. The summed E-state index contributed by atoms with van der Waals surface area (Å²) in [5, 5.41) is 0. The lowest BCUT2D eigenvalue weighted by molar-refractivity contribution is -0.00227. The van der Waals surface area contributed by atoms with Crippen LogP contribution in [0, 0.1) is 0 Å². The molecule has 0 unspecified atom stereocenters. The summed E-state index contributed by atoms with van der Waals surface area (Å²) in [6.45, 7) is 6.02. The number of methoxy groups -OCH3 is 1. The maximum atomic E-state index is 5.91. The number of nitrogens with zero attached hydrogens (tertiary/aromatic N) is 3. The Morgan fingerprint density at radius 1 is 1.16 bits per heavy atom. The molecule has 0 radical (unpaired) electrons. The Morgan fingerprint density at radius 3 is 2.60 bits per heavy atom. The summed E-state index contributed by atoms with van der Waals surface area (Å²) in [7, 11) is 1.67. The van der Waals surface area contributed by atoms with Crippen molar-refractivity contribution in [3.8, 4) is 17.1 Å². The molecule has 134 valence electrons. The number of piperidine rings is 1. The molecule has 0 saturated carbocycles. The first kappa shape index (κ1) is 17.8. The second-order valence-corrected chi connectivity index (χ2v) is 6.51. The fourth-order valence-electron chi connectivity index (χ4n) is 3.16. The van der Waals surface area contributed by atoms with Crippen molar-refractivity contribution < 1.29 is 9.47 Å². The van der Waals surface area contributed by atoms with Crippen LogP contribution in [0.4, 0.5) is 0 Å². The molecule has 1 aromatic heterocycles. The average molecular weight is 341 g/mol. The highest BCUT2D eigenvalue weighted by Gasteiger charge is 2.20. The van der Waals surface area contributed by atoms with E-state index in [1.54, 1.807) is 7.11 Å². The zero-order valence-corrected chi connectivity index (χ0v) is 15.1. The quantitative estimate of drug-likeness (QED) is 0.771. The molecule has 2 heterocycles. The molecule has 0 bridgehead atoms. The Morgan fingerprint density at radius 2 is 1.92 bits per heavy atom. The van der Waals surface area contributed by atoms with Gasteiger partial charge in [0.05, 0.1) is 13.2 Å². The van der Waals surface area contributed by atoms with Gasteiger partial charge in [-0.1, -0.05) is 6.92 Å². The van der Waals surface area contributed by atoms with Crippen LogP contribution in [0.15, 0.2) is 36.7 Å². The van der Waals surface area contributed by atoms with Crippen molar-refractivity contribution in [1.82, 2.24) is 14.9 Å². The van der Waals surface area contributed by atoms with E-state index in [9.17, 15) is 0 Å². The van der Waals surface area contributed by atoms with E-state index in [0.29, 0.717) is 6.10 Å². The number of rotatable bonds is 7. The van der Waals surface area contributed by atoms with Gasteiger partial charge >= 0.3 is 0 Å². The van der Waals surface area contributed by atoms with Gasteiger partial charge in [0.15, 0.2) is 5.82 Å². The van der Waals surface area contributed by atoms with Crippen LogP contribution in [-0.4, -0.2) is 47.8 Å². The Bertz CT molecular complexity index is 643. The molecule has 5 heteroatoms.